The van der Waals surface area contributed by atoms with Gasteiger partial charge >= 0.3 is 0 Å². The third-order valence-electron chi connectivity index (χ3n) is 2.54. The largest absolute Gasteiger partial charge is 0.475 e. The summed E-state index contributed by atoms with van der Waals surface area (Å²) in [5.74, 6) is 1.31. The Labute approximate surface area is 101 Å². The third kappa shape index (κ3) is 2.45. The fraction of sp³-hybridized carbons (Fsp3) is 0.333. The first-order valence-corrected chi connectivity index (χ1v) is 5.47. The molecule has 2 heterocycles. The molecule has 1 N–H and O–H groups in total. The highest BCUT2D eigenvalue weighted by Crippen LogP contribution is 2.26. The van der Waals surface area contributed by atoms with Crippen LogP contribution in [-0.2, 0) is 0 Å². The van der Waals surface area contributed by atoms with Crippen molar-refractivity contribution < 1.29 is 4.74 Å². The lowest BCUT2D eigenvalue weighted by Crippen LogP contribution is -2.21. The van der Waals surface area contributed by atoms with E-state index in [2.05, 4.69) is 21.9 Å². The SMILES string of the molecule is C=C1C=Cc2ncc(OCCNC)nc2N1C. The van der Waals surface area contributed by atoms with E-state index >= 15 is 0 Å². The molecule has 90 valence electrons. The molecule has 0 bridgehead atoms. The van der Waals surface area contributed by atoms with Crippen molar-refractivity contribution in [1.82, 2.24) is 15.3 Å². The van der Waals surface area contributed by atoms with Crippen molar-refractivity contribution in [2.75, 3.05) is 32.1 Å². The second-order valence-electron chi connectivity index (χ2n) is 3.75. The monoisotopic (exact) mass is 232 g/mol. The molecule has 0 saturated heterocycles. The van der Waals surface area contributed by atoms with Gasteiger partial charge in [-0.15, -0.1) is 0 Å². The molecule has 17 heavy (non-hydrogen) atoms. The topological polar surface area (TPSA) is 50.3 Å². The van der Waals surface area contributed by atoms with Gasteiger partial charge in [0.25, 0.3) is 0 Å². The molecular weight excluding hydrogens is 216 g/mol. The predicted molar refractivity (Wildman–Crippen MR) is 68.0 cm³/mol. The number of nitrogens with one attached hydrogen (secondary N) is 1. The maximum Gasteiger partial charge on any atom is 0.234 e. The van der Waals surface area contributed by atoms with Crippen molar-refractivity contribution in [3.63, 3.8) is 0 Å². The van der Waals surface area contributed by atoms with Gasteiger partial charge in [0.15, 0.2) is 5.82 Å². The number of rotatable bonds is 4. The maximum atomic E-state index is 5.48. The van der Waals surface area contributed by atoms with Crippen LogP contribution in [0.3, 0.4) is 0 Å². The van der Waals surface area contributed by atoms with Gasteiger partial charge in [0.2, 0.25) is 5.88 Å². The van der Waals surface area contributed by atoms with Gasteiger partial charge < -0.3 is 15.0 Å². The lowest BCUT2D eigenvalue weighted by Gasteiger charge is -2.23. The maximum absolute atomic E-state index is 5.48. The number of hydrogen-bond acceptors (Lipinski definition) is 5. The molecule has 5 heteroatoms. The molecule has 1 aliphatic heterocycles. The summed E-state index contributed by atoms with van der Waals surface area (Å²) < 4.78 is 5.48. The summed E-state index contributed by atoms with van der Waals surface area (Å²) in [6, 6.07) is 0. The van der Waals surface area contributed by atoms with Crippen LogP contribution in [0, 0.1) is 0 Å². The van der Waals surface area contributed by atoms with Gasteiger partial charge in [-0.25, -0.2) is 4.98 Å². The summed E-state index contributed by atoms with van der Waals surface area (Å²) >= 11 is 0. The molecule has 2 rings (SSSR count). The Bertz CT molecular complexity index is 456. The lowest BCUT2D eigenvalue weighted by molar-refractivity contribution is 0.305. The predicted octanol–water partition coefficient (Wildman–Crippen LogP) is 1.05. The van der Waals surface area contributed by atoms with Gasteiger partial charge in [0, 0.05) is 19.3 Å². The summed E-state index contributed by atoms with van der Waals surface area (Å²) in [5.41, 5.74) is 1.72. The first-order valence-electron chi connectivity index (χ1n) is 5.47. The summed E-state index contributed by atoms with van der Waals surface area (Å²) in [4.78, 5) is 10.6. The molecule has 0 radical (unpaired) electrons. The fourth-order valence-corrected chi connectivity index (χ4v) is 1.49. The van der Waals surface area contributed by atoms with Crippen molar-refractivity contribution in [1.29, 1.82) is 0 Å². The molecule has 5 nitrogen and oxygen atoms in total. The van der Waals surface area contributed by atoms with E-state index in [-0.39, 0.29) is 0 Å². The van der Waals surface area contributed by atoms with E-state index < -0.39 is 0 Å². The summed E-state index contributed by atoms with van der Waals surface area (Å²) in [5, 5.41) is 3.01. The summed E-state index contributed by atoms with van der Waals surface area (Å²) in [6.07, 6.45) is 5.46. The van der Waals surface area contributed by atoms with Crippen LogP contribution < -0.4 is 15.0 Å². The van der Waals surface area contributed by atoms with E-state index in [1.165, 1.54) is 0 Å². The van der Waals surface area contributed by atoms with Gasteiger partial charge in [0.1, 0.15) is 12.3 Å². The van der Waals surface area contributed by atoms with Crippen LogP contribution in [0.15, 0.2) is 24.5 Å². The van der Waals surface area contributed by atoms with Crippen LogP contribution in [0.25, 0.3) is 6.08 Å². The molecular formula is C12H16N4O. The standard InChI is InChI=1S/C12H16N4O/c1-9-4-5-10-12(16(9)3)15-11(8-14-10)17-7-6-13-2/h4-5,8,13H,1,6-7H2,2-3H3. The number of fused-ring (bicyclic) bond motifs is 1. The zero-order valence-electron chi connectivity index (χ0n) is 10.1. The Hall–Kier alpha value is -1.88. The second-order valence-corrected chi connectivity index (χ2v) is 3.75. The molecule has 0 aromatic carbocycles. The van der Waals surface area contributed by atoms with Crippen LogP contribution in [0.1, 0.15) is 5.69 Å². The van der Waals surface area contributed by atoms with E-state index in [1.807, 2.05) is 31.1 Å². The molecule has 1 aromatic rings. The van der Waals surface area contributed by atoms with Crippen LogP contribution in [0.2, 0.25) is 0 Å². The average Bonchev–Trinajstić information content (AvgIpc) is 2.35. The Morgan fingerprint density at radius 2 is 2.29 bits per heavy atom. The molecule has 1 aliphatic rings. The number of likely N-dealkylation sites (N-methyl/N-ethyl adjacent to an activating group) is 2. The zero-order chi connectivity index (χ0) is 12.3. The average molecular weight is 232 g/mol. The third-order valence-corrected chi connectivity index (χ3v) is 2.54. The number of ether oxygens (including phenoxy) is 1. The van der Waals surface area contributed by atoms with Gasteiger partial charge in [-0.3, -0.25) is 0 Å². The van der Waals surface area contributed by atoms with E-state index in [1.54, 1.807) is 6.20 Å². The van der Waals surface area contributed by atoms with Crippen LogP contribution >= 0.6 is 0 Å². The molecule has 0 spiro atoms. The summed E-state index contributed by atoms with van der Waals surface area (Å²) in [6.45, 7) is 5.27. The van der Waals surface area contributed by atoms with Crippen molar-refractivity contribution in [2.45, 2.75) is 0 Å². The van der Waals surface area contributed by atoms with Crippen molar-refractivity contribution in [3.8, 4) is 5.88 Å². The normalized spacial score (nSPS) is 13.8. The minimum Gasteiger partial charge on any atom is -0.475 e. The van der Waals surface area contributed by atoms with Gasteiger partial charge in [-0.05, 0) is 19.2 Å². The first kappa shape index (κ1) is 11.6. The number of hydrogen-bond donors (Lipinski definition) is 1. The van der Waals surface area contributed by atoms with Crippen molar-refractivity contribution >= 4 is 11.9 Å². The highest BCUT2D eigenvalue weighted by atomic mass is 16.5. The highest BCUT2D eigenvalue weighted by molar-refractivity contribution is 5.70. The lowest BCUT2D eigenvalue weighted by atomic mass is 10.2. The zero-order valence-corrected chi connectivity index (χ0v) is 10.1. The smallest absolute Gasteiger partial charge is 0.234 e. The Balaban J connectivity index is 2.18. The highest BCUT2D eigenvalue weighted by Gasteiger charge is 2.15. The van der Waals surface area contributed by atoms with E-state index in [4.69, 9.17) is 4.74 Å². The van der Waals surface area contributed by atoms with E-state index in [0.29, 0.717) is 12.5 Å². The Morgan fingerprint density at radius 1 is 1.47 bits per heavy atom. The molecule has 1 aromatic heterocycles. The number of nitrogens with zero attached hydrogens (tertiary/aromatic N) is 3. The van der Waals surface area contributed by atoms with Crippen LogP contribution in [0.5, 0.6) is 5.88 Å². The van der Waals surface area contributed by atoms with Crippen LogP contribution in [-0.4, -0.2) is 37.2 Å². The van der Waals surface area contributed by atoms with Crippen molar-refractivity contribution in [3.05, 3.63) is 30.2 Å². The number of allylic oxidation sites excluding steroid dienone is 1. The minimum atomic E-state index is 0.536. The van der Waals surface area contributed by atoms with Gasteiger partial charge in [-0.1, -0.05) is 6.58 Å². The van der Waals surface area contributed by atoms with Gasteiger partial charge in [-0.2, -0.15) is 4.98 Å². The Morgan fingerprint density at radius 3 is 3.06 bits per heavy atom. The Kier molecular flexibility index (Phi) is 3.39. The van der Waals surface area contributed by atoms with Crippen LogP contribution in [0.4, 0.5) is 5.82 Å². The number of aromatic nitrogens is 2. The fourth-order valence-electron chi connectivity index (χ4n) is 1.49. The number of anilines is 1. The van der Waals surface area contributed by atoms with E-state index in [0.717, 1.165) is 23.8 Å². The summed E-state index contributed by atoms with van der Waals surface area (Å²) in [7, 11) is 3.79. The van der Waals surface area contributed by atoms with Gasteiger partial charge in [0.05, 0.1) is 6.20 Å². The molecule has 0 fully saturated rings. The molecule has 0 aliphatic carbocycles. The minimum absolute atomic E-state index is 0.536. The second kappa shape index (κ2) is 4.97. The van der Waals surface area contributed by atoms with Crippen molar-refractivity contribution in [2.24, 2.45) is 0 Å². The first-order chi connectivity index (χ1) is 8.22. The molecule has 0 unspecified atom stereocenters. The molecule has 0 atom stereocenters. The molecule has 0 amide bonds. The molecule has 0 saturated carbocycles. The quantitative estimate of drug-likeness (QED) is 0.786. The van der Waals surface area contributed by atoms with E-state index in [9.17, 15) is 0 Å².